The van der Waals surface area contributed by atoms with Crippen LogP contribution in [-0.2, 0) is 9.59 Å². The van der Waals surface area contributed by atoms with Gasteiger partial charge in [-0.25, -0.2) is 0 Å². The number of hydrogen-bond donors (Lipinski definition) is 1. The molecule has 1 unspecified atom stereocenters. The number of carbonyl (C=O) groups excluding carboxylic acids is 2. The van der Waals surface area contributed by atoms with Gasteiger partial charge >= 0.3 is 0 Å². The molecule has 2 amide bonds. The van der Waals surface area contributed by atoms with Crippen LogP contribution in [-0.4, -0.2) is 47.6 Å². The number of carbonyl (C=O) groups is 2. The molecular weight excluding hydrogens is 284 g/mol. The SMILES string of the molecule is CCC1Oc2ccc(O)cc2N(CC(=O)N2CCCC2)C1=O. The van der Waals surface area contributed by atoms with E-state index < -0.39 is 6.10 Å². The van der Waals surface area contributed by atoms with E-state index in [9.17, 15) is 14.7 Å². The van der Waals surface area contributed by atoms with Crippen LogP contribution in [0.3, 0.4) is 0 Å². The van der Waals surface area contributed by atoms with E-state index in [-0.39, 0.29) is 24.1 Å². The van der Waals surface area contributed by atoms with Gasteiger partial charge in [0, 0.05) is 19.2 Å². The zero-order chi connectivity index (χ0) is 15.7. The van der Waals surface area contributed by atoms with Crippen molar-refractivity contribution in [2.24, 2.45) is 0 Å². The van der Waals surface area contributed by atoms with Crippen LogP contribution >= 0.6 is 0 Å². The number of phenols is 1. The van der Waals surface area contributed by atoms with Gasteiger partial charge in [-0.1, -0.05) is 6.92 Å². The average Bonchev–Trinajstić information content (AvgIpc) is 3.04. The van der Waals surface area contributed by atoms with Crippen LogP contribution in [0.25, 0.3) is 0 Å². The standard InChI is InChI=1S/C16H20N2O4/c1-2-13-16(21)18(10-15(20)17-7-3-4-8-17)12-9-11(19)5-6-14(12)22-13/h5-6,9,13,19H,2-4,7-8,10H2,1H3. The molecule has 0 radical (unpaired) electrons. The van der Waals surface area contributed by atoms with E-state index >= 15 is 0 Å². The summed E-state index contributed by atoms with van der Waals surface area (Å²) in [5.74, 6) is 0.284. The van der Waals surface area contributed by atoms with Crippen molar-refractivity contribution in [1.82, 2.24) is 4.90 Å². The summed E-state index contributed by atoms with van der Waals surface area (Å²) in [7, 11) is 0. The van der Waals surface area contributed by atoms with Gasteiger partial charge < -0.3 is 14.7 Å². The zero-order valence-electron chi connectivity index (χ0n) is 12.6. The molecule has 0 spiro atoms. The molecule has 6 nitrogen and oxygen atoms in total. The monoisotopic (exact) mass is 304 g/mol. The number of anilines is 1. The Kier molecular flexibility index (Phi) is 3.92. The fourth-order valence-electron chi connectivity index (χ4n) is 2.94. The number of likely N-dealkylation sites (tertiary alicyclic amines) is 1. The van der Waals surface area contributed by atoms with Crippen molar-refractivity contribution >= 4 is 17.5 Å². The molecule has 3 rings (SSSR count). The highest BCUT2D eigenvalue weighted by molar-refractivity contribution is 6.04. The molecule has 1 aromatic carbocycles. The van der Waals surface area contributed by atoms with Crippen LogP contribution in [0, 0.1) is 0 Å². The highest BCUT2D eigenvalue weighted by Gasteiger charge is 2.35. The summed E-state index contributed by atoms with van der Waals surface area (Å²) in [6.45, 7) is 3.37. The molecule has 1 saturated heterocycles. The summed E-state index contributed by atoms with van der Waals surface area (Å²) < 4.78 is 5.66. The number of rotatable bonds is 3. The quantitative estimate of drug-likeness (QED) is 0.919. The Morgan fingerprint density at radius 1 is 1.36 bits per heavy atom. The summed E-state index contributed by atoms with van der Waals surface area (Å²) in [6, 6.07) is 4.62. The minimum absolute atomic E-state index is 0.00481. The Balaban J connectivity index is 1.88. The highest BCUT2D eigenvalue weighted by Crippen LogP contribution is 2.37. The van der Waals surface area contributed by atoms with Crippen LogP contribution < -0.4 is 9.64 Å². The molecule has 6 heteroatoms. The van der Waals surface area contributed by atoms with Crippen LogP contribution in [0.15, 0.2) is 18.2 Å². The predicted octanol–water partition coefficient (Wildman–Crippen LogP) is 1.52. The Hall–Kier alpha value is -2.24. The van der Waals surface area contributed by atoms with Crippen molar-refractivity contribution in [3.05, 3.63) is 18.2 Å². The molecule has 118 valence electrons. The molecule has 0 aromatic heterocycles. The fraction of sp³-hybridized carbons (Fsp3) is 0.500. The van der Waals surface area contributed by atoms with Gasteiger partial charge in [-0.2, -0.15) is 0 Å². The predicted molar refractivity (Wildman–Crippen MR) is 81.0 cm³/mol. The van der Waals surface area contributed by atoms with Gasteiger partial charge in [-0.05, 0) is 31.4 Å². The number of amides is 2. The Labute approximate surface area is 129 Å². The first-order valence-electron chi connectivity index (χ1n) is 7.69. The fourth-order valence-corrected chi connectivity index (χ4v) is 2.94. The normalized spacial score (nSPS) is 20.8. The van der Waals surface area contributed by atoms with Gasteiger partial charge in [0.25, 0.3) is 5.91 Å². The molecule has 22 heavy (non-hydrogen) atoms. The molecule has 1 N–H and O–H groups in total. The second-order valence-electron chi connectivity index (χ2n) is 5.68. The van der Waals surface area contributed by atoms with Crippen molar-refractivity contribution in [2.45, 2.75) is 32.3 Å². The smallest absolute Gasteiger partial charge is 0.268 e. The van der Waals surface area contributed by atoms with Gasteiger partial charge in [0.15, 0.2) is 6.10 Å². The Morgan fingerprint density at radius 2 is 2.09 bits per heavy atom. The van der Waals surface area contributed by atoms with Gasteiger partial charge in [0.1, 0.15) is 18.0 Å². The third-order valence-electron chi connectivity index (χ3n) is 4.17. The molecule has 1 fully saturated rings. The minimum atomic E-state index is -0.580. The van der Waals surface area contributed by atoms with Crippen LogP contribution in [0.5, 0.6) is 11.5 Å². The van der Waals surface area contributed by atoms with Crippen molar-refractivity contribution in [2.75, 3.05) is 24.5 Å². The minimum Gasteiger partial charge on any atom is -0.508 e. The van der Waals surface area contributed by atoms with Crippen molar-refractivity contribution in [3.8, 4) is 11.5 Å². The lowest BCUT2D eigenvalue weighted by atomic mass is 10.1. The van der Waals surface area contributed by atoms with E-state index in [0.29, 0.717) is 17.9 Å². The number of nitrogens with zero attached hydrogens (tertiary/aromatic N) is 2. The molecule has 2 heterocycles. The maximum absolute atomic E-state index is 12.5. The molecule has 1 atom stereocenters. The highest BCUT2D eigenvalue weighted by atomic mass is 16.5. The topological polar surface area (TPSA) is 70.1 Å². The van der Waals surface area contributed by atoms with Gasteiger partial charge in [0.2, 0.25) is 5.91 Å². The average molecular weight is 304 g/mol. The summed E-state index contributed by atoms with van der Waals surface area (Å²) in [5.41, 5.74) is 0.460. The first-order valence-corrected chi connectivity index (χ1v) is 7.69. The molecule has 0 saturated carbocycles. The third-order valence-corrected chi connectivity index (χ3v) is 4.17. The number of hydrogen-bond acceptors (Lipinski definition) is 4. The number of phenolic OH excluding ortho intramolecular Hbond substituents is 1. The van der Waals surface area contributed by atoms with Crippen molar-refractivity contribution in [1.29, 1.82) is 0 Å². The second-order valence-corrected chi connectivity index (χ2v) is 5.68. The molecule has 1 aromatic rings. The van der Waals surface area contributed by atoms with Crippen LogP contribution in [0.1, 0.15) is 26.2 Å². The molecular formula is C16H20N2O4. The molecule has 0 aliphatic carbocycles. The maximum atomic E-state index is 12.5. The van der Waals surface area contributed by atoms with Crippen LogP contribution in [0.4, 0.5) is 5.69 Å². The maximum Gasteiger partial charge on any atom is 0.268 e. The molecule has 2 aliphatic heterocycles. The van der Waals surface area contributed by atoms with E-state index in [1.807, 2.05) is 6.92 Å². The largest absolute Gasteiger partial charge is 0.508 e. The first kappa shape index (κ1) is 14.7. The zero-order valence-corrected chi connectivity index (χ0v) is 12.6. The summed E-state index contributed by atoms with van der Waals surface area (Å²) >= 11 is 0. The first-order chi connectivity index (χ1) is 10.6. The number of aromatic hydroxyl groups is 1. The lowest BCUT2D eigenvalue weighted by Crippen LogP contribution is -2.50. The van der Waals surface area contributed by atoms with Gasteiger partial charge in [-0.3, -0.25) is 14.5 Å². The summed E-state index contributed by atoms with van der Waals surface area (Å²) in [6.07, 6.45) is 1.98. The lowest BCUT2D eigenvalue weighted by molar-refractivity contribution is -0.132. The molecule has 0 bridgehead atoms. The Morgan fingerprint density at radius 3 is 2.77 bits per heavy atom. The number of fused-ring (bicyclic) bond motifs is 1. The van der Waals surface area contributed by atoms with Crippen molar-refractivity contribution in [3.63, 3.8) is 0 Å². The van der Waals surface area contributed by atoms with E-state index in [4.69, 9.17) is 4.74 Å². The third kappa shape index (κ3) is 2.61. The van der Waals surface area contributed by atoms with Crippen LogP contribution in [0.2, 0.25) is 0 Å². The summed E-state index contributed by atoms with van der Waals surface area (Å²) in [4.78, 5) is 28.1. The van der Waals surface area contributed by atoms with E-state index in [2.05, 4.69) is 0 Å². The van der Waals surface area contributed by atoms with Gasteiger partial charge in [0.05, 0.1) is 5.69 Å². The summed E-state index contributed by atoms with van der Waals surface area (Å²) in [5, 5.41) is 9.67. The Bertz CT molecular complexity index is 596. The van der Waals surface area contributed by atoms with E-state index in [0.717, 1.165) is 25.9 Å². The second kappa shape index (κ2) is 5.87. The van der Waals surface area contributed by atoms with E-state index in [1.54, 1.807) is 11.0 Å². The lowest BCUT2D eigenvalue weighted by Gasteiger charge is -2.34. The van der Waals surface area contributed by atoms with E-state index in [1.165, 1.54) is 17.0 Å². The molecule has 2 aliphatic rings. The van der Waals surface area contributed by atoms with Gasteiger partial charge in [-0.15, -0.1) is 0 Å². The number of ether oxygens (including phenoxy) is 1. The number of benzene rings is 1. The van der Waals surface area contributed by atoms with Crippen molar-refractivity contribution < 1.29 is 19.4 Å².